The summed E-state index contributed by atoms with van der Waals surface area (Å²) in [6.07, 6.45) is 1.04. The van der Waals surface area contributed by atoms with Gasteiger partial charge in [0.15, 0.2) is 0 Å². The third-order valence-electron chi connectivity index (χ3n) is 4.95. The molecule has 1 heterocycles. The van der Waals surface area contributed by atoms with Gasteiger partial charge in [-0.05, 0) is 63.5 Å². The zero-order chi connectivity index (χ0) is 15.6. The molecule has 21 heavy (non-hydrogen) atoms. The Balaban J connectivity index is 2.18. The third-order valence-corrected chi connectivity index (χ3v) is 4.95. The minimum atomic E-state index is 0.211. The molecule has 3 N–H and O–H groups in total. The minimum absolute atomic E-state index is 0.211. The summed E-state index contributed by atoms with van der Waals surface area (Å²) in [5.74, 6) is 5.88. The Morgan fingerprint density at radius 2 is 1.81 bits per heavy atom. The SMILES string of the molecule is Cc1cc(C)c(C(CC2CN(C)CCN2C)NN)cc1C. The number of nitrogens with one attached hydrogen (secondary N) is 1. The monoisotopic (exact) mass is 290 g/mol. The van der Waals surface area contributed by atoms with Crippen molar-refractivity contribution in [3.05, 3.63) is 34.4 Å². The lowest BCUT2D eigenvalue weighted by Crippen LogP contribution is -2.51. The van der Waals surface area contributed by atoms with Crippen LogP contribution in [0.5, 0.6) is 0 Å². The topological polar surface area (TPSA) is 44.5 Å². The standard InChI is InChI=1S/C17H30N4/c1-12-8-14(3)16(9-13(12)2)17(19-18)10-15-11-20(4)6-7-21(15)5/h8-9,15,17,19H,6-7,10-11,18H2,1-5H3. The fourth-order valence-corrected chi connectivity index (χ4v) is 3.27. The zero-order valence-electron chi connectivity index (χ0n) is 14.1. The highest BCUT2D eigenvalue weighted by Gasteiger charge is 2.26. The number of rotatable bonds is 4. The van der Waals surface area contributed by atoms with Gasteiger partial charge in [-0.15, -0.1) is 0 Å². The number of hydrazine groups is 1. The Morgan fingerprint density at radius 3 is 2.48 bits per heavy atom. The molecule has 1 fully saturated rings. The van der Waals surface area contributed by atoms with Gasteiger partial charge < -0.3 is 9.80 Å². The van der Waals surface area contributed by atoms with Crippen LogP contribution in [-0.4, -0.2) is 49.6 Å². The van der Waals surface area contributed by atoms with E-state index in [4.69, 9.17) is 5.84 Å². The number of nitrogens with zero attached hydrogens (tertiary/aromatic N) is 2. The molecule has 1 saturated heterocycles. The van der Waals surface area contributed by atoms with E-state index in [1.165, 1.54) is 22.3 Å². The number of hydrogen-bond donors (Lipinski definition) is 2. The van der Waals surface area contributed by atoms with E-state index in [0.29, 0.717) is 6.04 Å². The van der Waals surface area contributed by atoms with Crippen LogP contribution < -0.4 is 11.3 Å². The molecule has 0 bridgehead atoms. The summed E-state index contributed by atoms with van der Waals surface area (Å²) in [6, 6.07) is 5.32. The van der Waals surface area contributed by atoms with Gasteiger partial charge in [-0.2, -0.15) is 0 Å². The molecule has 2 atom stereocenters. The van der Waals surface area contributed by atoms with E-state index in [0.717, 1.165) is 26.1 Å². The molecule has 0 amide bonds. The van der Waals surface area contributed by atoms with Crippen molar-refractivity contribution < 1.29 is 0 Å². The lowest BCUT2D eigenvalue weighted by molar-refractivity contribution is 0.101. The Bertz CT molecular complexity index is 486. The number of benzene rings is 1. The summed E-state index contributed by atoms with van der Waals surface area (Å²) >= 11 is 0. The first-order valence-electron chi connectivity index (χ1n) is 7.85. The molecule has 118 valence electrons. The van der Waals surface area contributed by atoms with E-state index in [9.17, 15) is 0 Å². The average molecular weight is 290 g/mol. The van der Waals surface area contributed by atoms with Gasteiger partial charge in [0.05, 0.1) is 0 Å². The third kappa shape index (κ3) is 3.83. The highest BCUT2D eigenvalue weighted by molar-refractivity contribution is 5.38. The van der Waals surface area contributed by atoms with Crippen LogP contribution in [0.4, 0.5) is 0 Å². The first-order chi connectivity index (χ1) is 9.92. The largest absolute Gasteiger partial charge is 0.304 e. The number of likely N-dealkylation sites (N-methyl/N-ethyl adjacent to an activating group) is 2. The number of hydrogen-bond acceptors (Lipinski definition) is 4. The van der Waals surface area contributed by atoms with E-state index < -0.39 is 0 Å². The Hall–Kier alpha value is -0.940. The first kappa shape index (κ1) is 16.4. The smallest absolute Gasteiger partial charge is 0.0478 e. The molecule has 2 unspecified atom stereocenters. The molecule has 1 aliphatic rings. The first-order valence-corrected chi connectivity index (χ1v) is 7.85. The second kappa shape index (κ2) is 6.88. The maximum absolute atomic E-state index is 5.88. The number of piperazine rings is 1. The molecule has 0 saturated carbocycles. The molecule has 2 rings (SSSR count). The van der Waals surface area contributed by atoms with Gasteiger partial charge in [0.1, 0.15) is 0 Å². The lowest BCUT2D eigenvalue weighted by atomic mass is 9.91. The summed E-state index contributed by atoms with van der Waals surface area (Å²) in [4.78, 5) is 4.87. The van der Waals surface area contributed by atoms with Crippen molar-refractivity contribution in [2.24, 2.45) is 5.84 Å². The molecule has 1 aromatic carbocycles. The Morgan fingerprint density at radius 1 is 1.14 bits per heavy atom. The molecule has 0 spiro atoms. The summed E-state index contributed by atoms with van der Waals surface area (Å²) in [5, 5.41) is 0. The average Bonchev–Trinajstić information content (AvgIpc) is 2.44. The predicted molar refractivity (Wildman–Crippen MR) is 89.2 cm³/mol. The molecule has 4 nitrogen and oxygen atoms in total. The van der Waals surface area contributed by atoms with E-state index in [1.807, 2.05) is 0 Å². The van der Waals surface area contributed by atoms with Crippen molar-refractivity contribution in [2.45, 2.75) is 39.3 Å². The minimum Gasteiger partial charge on any atom is -0.304 e. The molecule has 4 heteroatoms. The zero-order valence-corrected chi connectivity index (χ0v) is 14.1. The van der Waals surface area contributed by atoms with E-state index in [-0.39, 0.29) is 6.04 Å². The molecule has 1 aromatic rings. The predicted octanol–water partition coefficient (Wildman–Crippen LogP) is 1.75. The van der Waals surface area contributed by atoms with Gasteiger partial charge in [0.2, 0.25) is 0 Å². The normalized spacial score (nSPS) is 22.5. The summed E-state index contributed by atoms with van der Waals surface area (Å²) in [5.41, 5.74) is 8.39. The fourth-order valence-electron chi connectivity index (χ4n) is 3.27. The number of nitrogens with two attached hydrogens (primary N) is 1. The van der Waals surface area contributed by atoms with Crippen LogP contribution in [0.25, 0.3) is 0 Å². The maximum Gasteiger partial charge on any atom is 0.0478 e. The lowest BCUT2D eigenvalue weighted by Gasteiger charge is -2.39. The molecular formula is C17H30N4. The van der Waals surface area contributed by atoms with Gasteiger partial charge in [-0.3, -0.25) is 11.3 Å². The van der Waals surface area contributed by atoms with Crippen LogP contribution >= 0.6 is 0 Å². The van der Waals surface area contributed by atoms with Crippen LogP contribution in [0, 0.1) is 20.8 Å². The quantitative estimate of drug-likeness (QED) is 0.655. The van der Waals surface area contributed by atoms with E-state index >= 15 is 0 Å². The van der Waals surface area contributed by atoms with Crippen LogP contribution in [-0.2, 0) is 0 Å². The summed E-state index contributed by atoms with van der Waals surface area (Å²) in [6.45, 7) is 9.91. The van der Waals surface area contributed by atoms with Gasteiger partial charge >= 0.3 is 0 Å². The van der Waals surface area contributed by atoms with Crippen molar-refractivity contribution in [1.29, 1.82) is 0 Å². The molecule has 0 aromatic heterocycles. The van der Waals surface area contributed by atoms with Crippen molar-refractivity contribution in [1.82, 2.24) is 15.2 Å². The summed E-state index contributed by atoms with van der Waals surface area (Å²) in [7, 11) is 4.42. The second-order valence-electron chi connectivity index (χ2n) is 6.64. The molecular weight excluding hydrogens is 260 g/mol. The molecule has 1 aliphatic heterocycles. The maximum atomic E-state index is 5.88. The van der Waals surface area contributed by atoms with E-state index in [2.05, 4.69) is 62.2 Å². The summed E-state index contributed by atoms with van der Waals surface area (Å²) < 4.78 is 0. The van der Waals surface area contributed by atoms with Crippen molar-refractivity contribution in [3.63, 3.8) is 0 Å². The van der Waals surface area contributed by atoms with Crippen molar-refractivity contribution >= 4 is 0 Å². The van der Waals surface area contributed by atoms with Crippen molar-refractivity contribution in [3.8, 4) is 0 Å². The molecule has 0 aliphatic carbocycles. The highest BCUT2D eigenvalue weighted by Crippen LogP contribution is 2.26. The highest BCUT2D eigenvalue weighted by atomic mass is 15.3. The van der Waals surface area contributed by atoms with Gasteiger partial charge in [-0.25, -0.2) is 0 Å². The second-order valence-corrected chi connectivity index (χ2v) is 6.64. The van der Waals surface area contributed by atoms with Crippen molar-refractivity contribution in [2.75, 3.05) is 33.7 Å². The number of aryl methyl sites for hydroxylation is 3. The van der Waals surface area contributed by atoms with E-state index in [1.54, 1.807) is 0 Å². The Labute approximate surface area is 129 Å². The van der Waals surface area contributed by atoms with Crippen LogP contribution in [0.2, 0.25) is 0 Å². The van der Waals surface area contributed by atoms with Gasteiger partial charge in [0.25, 0.3) is 0 Å². The fraction of sp³-hybridized carbons (Fsp3) is 0.647. The van der Waals surface area contributed by atoms with Gasteiger partial charge in [0, 0.05) is 31.7 Å². The molecule has 0 radical (unpaired) electrons. The van der Waals surface area contributed by atoms with Gasteiger partial charge in [-0.1, -0.05) is 12.1 Å². The Kier molecular flexibility index (Phi) is 5.38. The van der Waals surface area contributed by atoms with Crippen LogP contribution in [0.15, 0.2) is 12.1 Å². The van der Waals surface area contributed by atoms with Crippen LogP contribution in [0.3, 0.4) is 0 Å². The van der Waals surface area contributed by atoms with Crippen LogP contribution in [0.1, 0.15) is 34.7 Å².